The Bertz CT molecular complexity index is 3170. The standard InChI is InChI=1S/C56H64N10O8S2/c1-31-34(4)76-55-48(31)49(61-43(52-64-63-35(5)66(52)55)26-46(69)58-20-23-73-22-9-21-67)38-14-12-37(13-15-38)40-18-19-45(41(24-40)27-57)74-29-47(70)62-51(56(6,7)8)54(72)65-28-42(68)25-44(65)53(71)60-32(2)36-10-16-39(17-11-36)50-33(3)59-30-75-50/h10-19,24,30,32,42-44,51,67-68H,9,20-23,25-26,28-29H2,1-8H3,(H,58,69)(H,60,71)(H,62,70)/t32-,42+,43-,44-,51?/m0/s1. The molecule has 1 saturated heterocycles. The molecule has 0 aliphatic carbocycles. The topological polar surface area (TPSA) is 246 Å². The Morgan fingerprint density at radius 3 is 2.32 bits per heavy atom. The molecule has 2 aliphatic rings. The molecule has 0 radical (unpaired) electrons. The summed E-state index contributed by atoms with van der Waals surface area (Å²) in [5.41, 5.74) is 9.09. The van der Waals surface area contributed by atoms with E-state index in [2.05, 4.69) is 51.0 Å². The Hall–Kier alpha value is -7.15. The molecule has 3 aromatic heterocycles. The number of hydrogen-bond donors (Lipinski definition) is 5. The number of nitriles is 1. The minimum Gasteiger partial charge on any atom is -0.482 e. The summed E-state index contributed by atoms with van der Waals surface area (Å²) in [6, 6.07) is 19.9. The first-order chi connectivity index (χ1) is 36.4. The van der Waals surface area contributed by atoms with Gasteiger partial charge in [0.1, 0.15) is 40.8 Å². The molecule has 1 fully saturated rings. The van der Waals surface area contributed by atoms with Gasteiger partial charge in [-0.3, -0.25) is 28.7 Å². The highest BCUT2D eigenvalue weighted by molar-refractivity contribution is 7.15. The molecule has 5 N–H and O–H groups in total. The van der Waals surface area contributed by atoms with E-state index in [9.17, 15) is 29.5 Å². The number of aliphatic imine (C=N–C) groups is 1. The highest BCUT2D eigenvalue weighted by Gasteiger charge is 2.45. The lowest BCUT2D eigenvalue weighted by molar-refractivity contribution is -0.144. The van der Waals surface area contributed by atoms with Gasteiger partial charge in [0.2, 0.25) is 17.7 Å². The van der Waals surface area contributed by atoms with Crippen LogP contribution in [-0.4, -0.2) is 122 Å². The van der Waals surface area contributed by atoms with Gasteiger partial charge in [-0.15, -0.1) is 32.9 Å². The minimum atomic E-state index is -1.08. The summed E-state index contributed by atoms with van der Waals surface area (Å²) in [5, 5.41) is 48.6. The number of carbonyl (C=O) groups is 4. The molecule has 1 unspecified atom stereocenters. The van der Waals surface area contributed by atoms with Crippen molar-refractivity contribution in [1.82, 2.24) is 40.6 Å². The predicted octanol–water partition coefficient (Wildman–Crippen LogP) is 6.77. The van der Waals surface area contributed by atoms with Crippen molar-refractivity contribution in [2.45, 2.75) is 105 Å². The number of nitrogens with one attached hydrogen (secondary N) is 3. The molecule has 0 spiro atoms. The van der Waals surface area contributed by atoms with E-state index in [1.807, 2.05) is 73.9 Å². The lowest BCUT2D eigenvalue weighted by Crippen LogP contribution is -2.58. The molecule has 76 heavy (non-hydrogen) atoms. The van der Waals surface area contributed by atoms with Crippen molar-refractivity contribution in [2.75, 3.05) is 39.5 Å². The van der Waals surface area contributed by atoms with Crippen LogP contribution in [0.1, 0.15) is 109 Å². The third-order valence-corrected chi connectivity index (χ3v) is 15.8. The van der Waals surface area contributed by atoms with Crippen molar-refractivity contribution in [1.29, 1.82) is 5.26 Å². The Labute approximate surface area is 450 Å². The zero-order valence-corrected chi connectivity index (χ0v) is 45.6. The molecule has 18 nitrogen and oxygen atoms in total. The van der Waals surface area contributed by atoms with Crippen LogP contribution >= 0.6 is 22.7 Å². The summed E-state index contributed by atoms with van der Waals surface area (Å²) in [6.45, 7) is 15.7. The lowest BCUT2D eigenvalue weighted by Gasteiger charge is -2.35. The van der Waals surface area contributed by atoms with Crippen LogP contribution in [0, 0.1) is 44.4 Å². The molecule has 8 rings (SSSR count). The van der Waals surface area contributed by atoms with Crippen molar-refractivity contribution < 1.29 is 38.9 Å². The smallest absolute Gasteiger partial charge is 0.258 e. The number of aliphatic hydroxyl groups is 2. The number of rotatable bonds is 19. The van der Waals surface area contributed by atoms with Crippen LogP contribution in [0.25, 0.3) is 26.6 Å². The number of thiophene rings is 1. The molecule has 0 bridgehead atoms. The number of amides is 4. The zero-order chi connectivity index (χ0) is 54.4. The van der Waals surface area contributed by atoms with E-state index in [4.69, 9.17) is 19.6 Å². The summed E-state index contributed by atoms with van der Waals surface area (Å²) in [4.78, 5) is 68.2. The Morgan fingerprint density at radius 2 is 1.63 bits per heavy atom. The van der Waals surface area contributed by atoms with Gasteiger partial charge in [-0.05, 0) is 86.4 Å². The minimum absolute atomic E-state index is 0.0297. The highest BCUT2D eigenvalue weighted by atomic mass is 32.1. The van der Waals surface area contributed by atoms with Crippen molar-refractivity contribution in [3.05, 3.63) is 122 Å². The molecular formula is C56H64N10O8S2. The first-order valence-electron chi connectivity index (χ1n) is 25.3. The van der Waals surface area contributed by atoms with Crippen LogP contribution < -0.4 is 20.7 Å². The van der Waals surface area contributed by atoms with Crippen LogP contribution in [0.15, 0.2) is 77.2 Å². The van der Waals surface area contributed by atoms with E-state index in [0.29, 0.717) is 43.5 Å². The number of β-amino-alcohol motifs (C(OH)–C–C–N with tert-alkyl or cyclic N) is 1. The summed E-state index contributed by atoms with van der Waals surface area (Å²) >= 11 is 3.18. The van der Waals surface area contributed by atoms with Crippen LogP contribution in [0.2, 0.25) is 0 Å². The molecule has 2 aliphatic heterocycles. The number of aliphatic hydroxyl groups excluding tert-OH is 2. The second-order valence-corrected chi connectivity index (χ2v) is 22.3. The summed E-state index contributed by atoms with van der Waals surface area (Å²) in [6.07, 6.45) is -0.338. The number of likely N-dealkylation sites (tertiary alicyclic amines) is 1. The summed E-state index contributed by atoms with van der Waals surface area (Å²) < 4.78 is 13.4. The zero-order valence-electron chi connectivity index (χ0n) is 44.0. The van der Waals surface area contributed by atoms with Gasteiger partial charge in [0, 0.05) is 48.7 Å². The number of fused-ring (bicyclic) bond motifs is 3. The number of thiazole rings is 1. The van der Waals surface area contributed by atoms with E-state index in [1.54, 1.807) is 67.2 Å². The van der Waals surface area contributed by atoms with Gasteiger partial charge < -0.3 is 40.5 Å². The van der Waals surface area contributed by atoms with Gasteiger partial charge in [0.25, 0.3) is 5.91 Å². The van der Waals surface area contributed by atoms with E-state index in [-0.39, 0.29) is 43.2 Å². The second kappa shape index (κ2) is 23.8. The van der Waals surface area contributed by atoms with E-state index < -0.39 is 60.0 Å². The number of aromatic nitrogens is 4. The van der Waals surface area contributed by atoms with Gasteiger partial charge in [-0.2, -0.15) is 5.26 Å². The van der Waals surface area contributed by atoms with Gasteiger partial charge in [-0.25, -0.2) is 4.98 Å². The molecule has 4 amide bonds. The number of hydrogen-bond acceptors (Lipinski definition) is 15. The van der Waals surface area contributed by atoms with Crippen molar-refractivity contribution >= 4 is 52.0 Å². The van der Waals surface area contributed by atoms with Crippen molar-refractivity contribution in [2.24, 2.45) is 10.4 Å². The number of ether oxygens (including phenoxy) is 2. The molecule has 5 heterocycles. The molecule has 0 saturated carbocycles. The van der Waals surface area contributed by atoms with E-state index in [0.717, 1.165) is 59.4 Å². The quantitative estimate of drug-likeness (QED) is 0.0528. The van der Waals surface area contributed by atoms with Crippen LogP contribution in [-0.2, 0) is 23.9 Å². The molecule has 5 atom stereocenters. The van der Waals surface area contributed by atoms with Crippen molar-refractivity contribution in [3.8, 4) is 38.4 Å². The number of aryl methyl sites for hydroxylation is 3. The Morgan fingerprint density at radius 1 is 0.921 bits per heavy atom. The first kappa shape index (κ1) is 55.1. The second-order valence-electron chi connectivity index (χ2n) is 20.2. The molecule has 3 aromatic carbocycles. The van der Waals surface area contributed by atoms with Crippen LogP contribution in [0.4, 0.5) is 0 Å². The monoisotopic (exact) mass is 1070 g/mol. The average molecular weight is 1070 g/mol. The lowest BCUT2D eigenvalue weighted by atomic mass is 9.85. The molecular weight excluding hydrogens is 1000 g/mol. The SMILES string of the molecule is Cc1ncsc1-c1ccc([C@H](C)NC(=O)[C@@H]2C[C@@H](O)CN2C(=O)C(NC(=O)COc2ccc(-c3ccc(C4=N[C@@H](CC(=O)NCCOCCCO)c5nnc(C)n5-c5sc(C)c(C)c54)cc3)cc2C#N)C(C)(C)C)cc1. The van der Waals surface area contributed by atoms with Gasteiger partial charge in [-0.1, -0.05) is 75.4 Å². The summed E-state index contributed by atoms with van der Waals surface area (Å²) in [7, 11) is 0. The third-order valence-electron chi connectivity index (χ3n) is 13.6. The third kappa shape index (κ3) is 12.2. The predicted molar refractivity (Wildman–Crippen MR) is 290 cm³/mol. The van der Waals surface area contributed by atoms with Crippen LogP contribution in [0.5, 0.6) is 5.75 Å². The fourth-order valence-corrected chi connectivity index (χ4v) is 11.4. The Balaban J connectivity index is 0.929. The first-order valence-corrected chi connectivity index (χ1v) is 27.0. The molecule has 6 aromatic rings. The van der Waals surface area contributed by atoms with Gasteiger partial charge >= 0.3 is 0 Å². The van der Waals surface area contributed by atoms with Crippen molar-refractivity contribution in [3.63, 3.8) is 0 Å². The van der Waals surface area contributed by atoms with Crippen LogP contribution in [0.3, 0.4) is 0 Å². The fraction of sp³-hybridized carbons (Fsp3) is 0.411. The molecule has 398 valence electrons. The average Bonchev–Trinajstić information content (AvgIpc) is 4.19. The maximum Gasteiger partial charge on any atom is 0.258 e. The van der Waals surface area contributed by atoms with Gasteiger partial charge in [0.15, 0.2) is 12.4 Å². The fourth-order valence-electron chi connectivity index (χ4n) is 9.41. The number of benzene rings is 3. The van der Waals surface area contributed by atoms with E-state index >= 15 is 0 Å². The van der Waals surface area contributed by atoms with E-state index in [1.165, 1.54) is 4.90 Å². The number of carbonyl (C=O) groups excluding carboxylic acids is 4. The number of nitrogens with zero attached hydrogens (tertiary/aromatic N) is 7. The highest BCUT2D eigenvalue weighted by Crippen LogP contribution is 2.40. The van der Waals surface area contributed by atoms with Gasteiger partial charge in [0.05, 0.1) is 52.5 Å². The normalized spacial score (nSPS) is 16.9. The molecule has 20 heteroatoms. The largest absolute Gasteiger partial charge is 0.482 e. The Kier molecular flexibility index (Phi) is 17.3. The maximum atomic E-state index is 14.3. The summed E-state index contributed by atoms with van der Waals surface area (Å²) in [5.74, 6) is -0.324. The maximum absolute atomic E-state index is 14.3.